The van der Waals surface area contributed by atoms with Crippen molar-refractivity contribution in [3.63, 3.8) is 0 Å². The van der Waals surface area contributed by atoms with Crippen molar-refractivity contribution >= 4 is 17.7 Å². The summed E-state index contributed by atoms with van der Waals surface area (Å²) in [6.07, 6.45) is 2.25. The number of hydrogen-bond acceptors (Lipinski definition) is 2. The molecule has 0 aliphatic heterocycles. The Kier molecular flexibility index (Phi) is 5.05. The standard InChI is InChI=1S/C13H15FN2O3/c1-3-4-8(2)15-13(19)16-11-6-5-9(12(17)18)7-10(11)14/h3,5-8H,1,4H2,2H3,(H,17,18)(H2,15,16,19). The molecule has 0 aliphatic rings. The molecule has 3 N–H and O–H groups in total. The summed E-state index contributed by atoms with van der Waals surface area (Å²) in [4.78, 5) is 22.2. The summed E-state index contributed by atoms with van der Waals surface area (Å²) in [7, 11) is 0. The number of amides is 2. The van der Waals surface area contributed by atoms with Crippen LogP contribution in [0.15, 0.2) is 30.9 Å². The molecular weight excluding hydrogens is 251 g/mol. The number of benzene rings is 1. The van der Waals surface area contributed by atoms with Crippen LogP contribution in [0.4, 0.5) is 14.9 Å². The number of halogens is 1. The van der Waals surface area contributed by atoms with Crippen LogP contribution < -0.4 is 10.6 Å². The van der Waals surface area contributed by atoms with Crippen molar-refractivity contribution in [1.82, 2.24) is 5.32 Å². The molecule has 0 fully saturated rings. The van der Waals surface area contributed by atoms with Gasteiger partial charge in [0.2, 0.25) is 0 Å². The van der Waals surface area contributed by atoms with Crippen molar-refractivity contribution in [3.8, 4) is 0 Å². The van der Waals surface area contributed by atoms with Gasteiger partial charge in [-0.15, -0.1) is 6.58 Å². The first-order valence-electron chi connectivity index (χ1n) is 5.65. The van der Waals surface area contributed by atoms with E-state index in [0.717, 1.165) is 6.07 Å². The molecular formula is C13H15FN2O3. The van der Waals surface area contributed by atoms with Gasteiger partial charge >= 0.3 is 12.0 Å². The van der Waals surface area contributed by atoms with Gasteiger partial charge in [0, 0.05) is 6.04 Å². The highest BCUT2D eigenvalue weighted by Gasteiger charge is 2.11. The summed E-state index contributed by atoms with van der Waals surface area (Å²) in [5.74, 6) is -2.03. The zero-order valence-corrected chi connectivity index (χ0v) is 10.4. The van der Waals surface area contributed by atoms with Gasteiger partial charge in [-0.2, -0.15) is 0 Å². The lowest BCUT2D eigenvalue weighted by Crippen LogP contribution is -2.35. The highest BCUT2D eigenvalue weighted by Crippen LogP contribution is 2.15. The van der Waals surface area contributed by atoms with Crippen LogP contribution in [0.2, 0.25) is 0 Å². The van der Waals surface area contributed by atoms with Crippen LogP contribution in [0, 0.1) is 5.82 Å². The third-order valence-electron chi connectivity index (χ3n) is 2.36. The van der Waals surface area contributed by atoms with Gasteiger partial charge in [0.15, 0.2) is 0 Å². The van der Waals surface area contributed by atoms with E-state index in [-0.39, 0.29) is 17.3 Å². The lowest BCUT2D eigenvalue weighted by atomic mass is 10.2. The fourth-order valence-electron chi connectivity index (χ4n) is 1.44. The second-order valence-corrected chi connectivity index (χ2v) is 4.02. The molecule has 0 aromatic heterocycles. The van der Waals surface area contributed by atoms with Crippen LogP contribution in [0.3, 0.4) is 0 Å². The van der Waals surface area contributed by atoms with Gasteiger partial charge in [-0.25, -0.2) is 14.0 Å². The topological polar surface area (TPSA) is 78.4 Å². The van der Waals surface area contributed by atoms with Crippen molar-refractivity contribution in [3.05, 3.63) is 42.2 Å². The number of anilines is 1. The van der Waals surface area contributed by atoms with Crippen LogP contribution in [-0.2, 0) is 0 Å². The number of hydrogen-bond donors (Lipinski definition) is 3. The molecule has 5 nitrogen and oxygen atoms in total. The van der Waals surface area contributed by atoms with E-state index in [1.54, 1.807) is 13.0 Å². The Balaban J connectivity index is 2.69. The lowest BCUT2D eigenvalue weighted by Gasteiger charge is -2.13. The third-order valence-corrected chi connectivity index (χ3v) is 2.36. The number of rotatable bonds is 5. The predicted molar refractivity (Wildman–Crippen MR) is 69.8 cm³/mol. The van der Waals surface area contributed by atoms with Crippen molar-refractivity contribution in [2.24, 2.45) is 0 Å². The van der Waals surface area contributed by atoms with E-state index in [0.29, 0.717) is 6.42 Å². The van der Waals surface area contributed by atoms with Crippen LogP contribution in [0.5, 0.6) is 0 Å². The summed E-state index contributed by atoms with van der Waals surface area (Å²) in [5.41, 5.74) is -0.253. The van der Waals surface area contributed by atoms with Crippen LogP contribution >= 0.6 is 0 Å². The Morgan fingerprint density at radius 3 is 2.74 bits per heavy atom. The number of urea groups is 1. The number of carboxylic acids is 1. The highest BCUT2D eigenvalue weighted by atomic mass is 19.1. The van der Waals surface area contributed by atoms with Crippen molar-refractivity contribution in [2.75, 3.05) is 5.32 Å². The molecule has 0 radical (unpaired) electrons. The normalized spacial score (nSPS) is 11.5. The third kappa shape index (κ3) is 4.42. The van der Waals surface area contributed by atoms with Gasteiger partial charge in [0.25, 0.3) is 0 Å². The molecule has 1 unspecified atom stereocenters. The Hall–Kier alpha value is -2.37. The zero-order chi connectivity index (χ0) is 14.4. The molecule has 1 atom stereocenters. The van der Waals surface area contributed by atoms with Gasteiger partial charge in [-0.05, 0) is 31.5 Å². The SMILES string of the molecule is C=CCC(C)NC(=O)Nc1ccc(C(=O)O)cc1F. The Morgan fingerprint density at radius 1 is 1.53 bits per heavy atom. The van der Waals surface area contributed by atoms with Crippen LogP contribution in [0.25, 0.3) is 0 Å². The molecule has 0 spiro atoms. The number of carbonyl (C=O) groups excluding carboxylic acids is 1. The average molecular weight is 266 g/mol. The first-order chi connectivity index (χ1) is 8.93. The van der Waals surface area contributed by atoms with Gasteiger partial charge in [-0.3, -0.25) is 0 Å². The van der Waals surface area contributed by atoms with E-state index in [4.69, 9.17) is 5.11 Å². The van der Waals surface area contributed by atoms with E-state index in [2.05, 4.69) is 17.2 Å². The Morgan fingerprint density at radius 2 is 2.21 bits per heavy atom. The molecule has 6 heteroatoms. The molecule has 102 valence electrons. The average Bonchev–Trinajstić information content (AvgIpc) is 2.31. The molecule has 0 heterocycles. The van der Waals surface area contributed by atoms with Gasteiger partial charge in [0.05, 0.1) is 11.3 Å². The monoisotopic (exact) mass is 266 g/mol. The number of carbonyl (C=O) groups is 2. The highest BCUT2D eigenvalue weighted by molar-refractivity contribution is 5.91. The van der Waals surface area contributed by atoms with E-state index in [1.165, 1.54) is 12.1 Å². The molecule has 0 saturated carbocycles. The largest absolute Gasteiger partial charge is 0.478 e. The van der Waals surface area contributed by atoms with Crippen molar-refractivity contribution in [2.45, 2.75) is 19.4 Å². The Labute approximate surface area is 110 Å². The molecule has 1 aromatic carbocycles. The maximum atomic E-state index is 13.5. The molecule has 0 saturated heterocycles. The van der Waals surface area contributed by atoms with Crippen molar-refractivity contribution < 1.29 is 19.1 Å². The van der Waals surface area contributed by atoms with Gasteiger partial charge < -0.3 is 15.7 Å². The van der Waals surface area contributed by atoms with Gasteiger partial charge in [-0.1, -0.05) is 6.08 Å². The summed E-state index contributed by atoms with van der Waals surface area (Å²) in [5, 5.41) is 13.6. The number of aromatic carboxylic acids is 1. The van der Waals surface area contributed by atoms with E-state index in [9.17, 15) is 14.0 Å². The molecule has 0 aliphatic carbocycles. The molecule has 1 rings (SSSR count). The summed E-state index contributed by atoms with van der Waals surface area (Å²) < 4.78 is 13.5. The first-order valence-corrected chi connectivity index (χ1v) is 5.65. The summed E-state index contributed by atoms with van der Waals surface area (Å²) in [6, 6.07) is 2.59. The maximum Gasteiger partial charge on any atom is 0.335 e. The second-order valence-electron chi connectivity index (χ2n) is 4.02. The zero-order valence-electron chi connectivity index (χ0n) is 10.4. The van der Waals surface area contributed by atoms with Crippen LogP contribution in [-0.4, -0.2) is 23.1 Å². The lowest BCUT2D eigenvalue weighted by molar-refractivity contribution is 0.0696. The number of carboxylic acid groups (broad SMARTS) is 1. The van der Waals surface area contributed by atoms with E-state index >= 15 is 0 Å². The second kappa shape index (κ2) is 6.53. The fourth-order valence-corrected chi connectivity index (χ4v) is 1.44. The summed E-state index contributed by atoms with van der Waals surface area (Å²) in [6.45, 7) is 5.33. The quantitative estimate of drug-likeness (QED) is 0.717. The van der Waals surface area contributed by atoms with Gasteiger partial charge in [0.1, 0.15) is 5.82 Å². The minimum absolute atomic E-state index is 0.0756. The molecule has 0 bridgehead atoms. The predicted octanol–water partition coefficient (Wildman–Crippen LogP) is 2.61. The number of nitrogens with one attached hydrogen (secondary N) is 2. The maximum absolute atomic E-state index is 13.5. The Bertz CT molecular complexity index is 503. The smallest absolute Gasteiger partial charge is 0.335 e. The summed E-state index contributed by atoms with van der Waals surface area (Å²) >= 11 is 0. The van der Waals surface area contributed by atoms with Crippen LogP contribution in [0.1, 0.15) is 23.7 Å². The molecule has 1 aromatic rings. The minimum Gasteiger partial charge on any atom is -0.478 e. The molecule has 19 heavy (non-hydrogen) atoms. The fraction of sp³-hybridized carbons (Fsp3) is 0.231. The van der Waals surface area contributed by atoms with Crippen molar-refractivity contribution in [1.29, 1.82) is 0 Å². The molecule has 2 amide bonds. The van der Waals surface area contributed by atoms with E-state index in [1.807, 2.05) is 0 Å². The van der Waals surface area contributed by atoms with E-state index < -0.39 is 17.8 Å². The first kappa shape index (κ1) is 14.7. The minimum atomic E-state index is -1.23.